The highest BCUT2D eigenvalue weighted by atomic mass is 32.1. The molecule has 0 bridgehead atoms. The van der Waals surface area contributed by atoms with Gasteiger partial charge in [-0.1, -0.05) is 17.4 Å². The average molecular weight is 265 g/mol. The van der Waals surface area contributed by atoms with Gasteiger partial charge in [0.1, 0.15) is 16.6 Å². The summed E-state index contributed by atoms with van der Waals surface area (Å²) in [5.74, 6) is 0.570. The third-order valence-electron chi connectivity index (χ3n) is 2.30. The number of hydrogen-bond donors (Lipinski definition) is 2. The lowest BCUT2D eigenvalue weighted by Gasteiger charge is -2.05. The number of carbonyl (C=O) groups is 1. The summed E-state index contributed by atoms with van der Waals surface area (Å²) >= 11 is 4.88. The van der Waals surface area contributed by atoms with Crippen LogP contribution >= 0.6 is 12.2 Å². The van der Waals surface area contributed by atoms with Crippen LogP contribution in [0.2, 0.25) is 0 Å². The standard InChI is InChI=1S/C10H11N5O2S/c1-5-3-7(14-17-5)10(16)13-9-6(8(11)18)4-12-15(9)2/h3-4H,1-2H3,(H2,11,18)(H,13,16). The zero-order valence-corrected chi connectivity index (χ0v) is 10.6. The number of thiocarbonyl (C=S) groups is 1. The second kappa shape index (κ2) is 4.57. The highest BCUT2D eigenvalue weighted by Crippen LogP contribution is 2.15. The van der Waals surface area contributed by atoms with Gasteiger partial charge in [0, 0.05) is 13.1 Å². The quantitative estimate of drug-likeness (QED) is 0.789. The molecule has 0 aliphatic heterocycles. The second-order valence-electron chi connectivity index (χ2n) is 3.67. The highest BCUT2D eigenvalue weighted by molar-refractivity contribution is 7.80. The Kier molecular flexibility index (Phi) is 3.11. The highest BCUT2D eigenvalue weighted by Gasteiger charge is 2.17. The van der Waals surface area contributed by atoms with Gasteiger partial charge in [-0.15, -0.1) is 0 Å². The minimum atomic E-state index is -0.409. The Labute approximate surface area is 108 Å². The smallest absolute Gasteiger partial charge is 0.279 e. The summed E-state index contributed by atoms with van der Waals surface area (Å²) in [5.41, 5.74) is 6.22. The molecule has 8 heteroatoms. The predicted molar refractivity (Wildman–Crippen MR) is 68.3 cm³/mol. The molecule has 2 rings (SSSR count). The van der Waals surface area contributed by atoms with Crippen LogP contribution in [0.3, 0.4) is 0 Å². The van der Waals surface area contributed by atoms with E-state index in [1.54, 1.807) is 14.0 Å². The van der Waals surface area contributed by atoms with Crippen LogP contribution in [0.5, 0.6) is 0 Å². The van der Waals surface area contributed by atoms with E-state index in [2.05, 4.69) is 15.6 Å². The molecule has 7 nitrogen and oxygen atoms in total. The van der Waals surface area contributed by atoms with Crippen molar-refractivity contribution in [2.75, 3.05) is 5.32 Å². The second-order valence-corrected chi connectivity index (χ2v) is 4.11. The molecular weight excluding hydrogens is 254 g/mol. The molecule has 2 aromatic heterocycles. The lowest BCUT2D eigenvalue weighted by atomic mass is 10.3. The van der Waals surface area contributed by atoms with E-state index in [1.165, 1.54) is 16.9 Å². The number of nitrogens with zero attached hydrogens (tertiary/aromatic N) is 3. The SMILES string of the molecule is Cc1cc(C(=O)Nc2c(C(N)=S)cnn2C)no1. The molecule has 0 aliphatic rings. The first-order chi connectivity index (χ1) is 8.49. The maximum Gasteiger partial charge on any atom is 0.279 e. The summed E-state index contributed by atoms with van der Waals surface area (Å²) in [5, 5.41) is 10.2. The van der Waals surface area contributed by atoms with Gasteiger partial charge in [-0.2, -0.15) is 5.10 Å². The van der Waals surface area contributed by atoms with Crippen molar-refractivity contribution in [1.82, 2.24) is 14.9 Å². The van der Waals surface area contributed by atoms with Crippen molar-refractivity contribution in [2.24, 2.45) is 12.8 Å². The molecule has 0 atom stereocenters. The van der Waals surface area contributed by atoms with Gasteiger partial charge in [-0.3, -0.25) is 9.48 Å². The molecule has 18 heavy (non-hydrogen) atoms. The Hall–Kier alpha value is -2.22. The fraction of sp³-hybridized carbons (Fsp3) is 0.200. The van der Waals surface area contributed by atoms with E-state index >= 15 is 0 Å². The van der Waals surface area contributed by atoms with Crippen LogP contribution in [0, 0.1) is 6.92 Å². The number of nitrogens with one attached hydrogen (secondary N) is 1. The number of anilines is 1. The van der Waals surface area contributed by atoms with E-state index in [9.17, 15) is 4.79 Å². The van der Waals surface area contributed by atoms with E-state index in [1.807, 2.05) is 0 Å². The maximum absolute atomic E-state index is 11.9. The van der Waals surface area contributed by atoms with Crippen molar-refractivity contribution in [3.63, 3.8) is 0 Å². The number of aromatic nitrogens is 3. The zero-order valence-electron chi connectivity index (χ0n) is 9.80. The van der Waals surface area contributed by atoms with Crippen LogP contribution in [-0.2, 0) is 7.05 Å². The normalized spacial score (nSPS) is 10.3. The molecule has 1 amide bonds. The first kappa shape index (κ1) is 12.2. The van der Waals surface area contributed by atoms with Crippen molar-refractivity contribution in [2.45, 2.75) is 6.92 Å². The molecule has 94 valence electrons. The number of nitrogens with two attached hydrogens (primary N) is 1. The fourth-order valence-corrected chi connectivity index (χ4v) is 1.56. The van der Waals surface area contributed by atoms with E-state index < -0.39 is 5.91 Å². The third-order valence-corrected chi connectivity index (χ3v) is 2.52. The van der Waals surface area contributed by atoms with E-state index in [0.29, 0.717) is 17.1 Å². The van der Waals surface area contributed by atoms with Crippen LogP contribution in [0.4, 0.5) is 5.82 Å². The Morgan fingerprint density at radius 3 is 2.89 bits per heavy atom. The molecular formula is C10H11N5O2S. The van der Waals surface area contributed by atoms with Crippen LogP contribution in [0.15, 0.2) is 16.8 Å². The minimum absolute atomic E-state index is 0.162. The maximum atomic E-state index is 11.9. The topological polar surface area (TPSA) is 99.0 Å². The van der Waals surface area contributed by atoms with E-state index in [0.717, 1.165) is 0 Å². The lowest BCUT2D eigenvalue weighted by Crippen LogP contribution is -2.19. The molecule has 3 N–H and O–H groups in total. The number of aryl methyl sites for hydroxylation is 2. The van der Waals surface area contributed by atoms with Gasteiger partial charge in [-0.05, 0) is 6.92 Å². The summed E-state index contributed by atoms with van der Waals surface area (Å²) in [4.78, 5) is 12.1. The van der Waals surface area contributed by atoms with Gasteiger partial charge < -0.3 is 15.6 Å². The number of rotatable bonds is 3. The van der Waals surface area contributed by atoms with Crippen LogP contribution in [0.1, 0.15) is 21.8 Å². The first-order valence-corrected chi connectivity index (χ1v) is 5.46. The molecule has 0 saturated carbocycles. The van der Waals surface area contributed by atoms with Gasteiger partial charge >= 0.3 is 0 Å². The Balaban J connectivity index is 2.27. The zero-order chi connectivity index (χ0) is 13.3. The predicted octanol–water partition coefficient (Wildman–Crippen LogP) is 0.603. The summed E-state index contributed by atoms with van der Waals surface area (Å²) in [6.45, 7) is 1.70. The number of carbonyl (C=O) groups excluding carboxylic acids is 1. The Morgan fingerprint density at radius 2 is 2.33 bits per heavy atom. The minimum Gasteiger partial charge on any atom is -0.389 e. The molecule has 0 saturated heterocycles. The van der Waals surface area contributed by atoms with Gasteiger partial charge in [0.2, 0.25) is 0 Å². The summed E-state index contributed by atoms with van der Waals surface area (Å²) in [7, 11) is 1.67. The van der Waals surface area contributed by atoms with Crippen molar-refractivity contribution in [1.29, 1.82) is 0 Å². The van der Waals surface area contributed by atoms with Gasteiger partial charge in [0.05, 0.1) is 11.8 Å². The van der Waals surface area contributed by atoms with Crippen LogP contribution < -0.4 is 11.1 Å². The fourth-order valence-electron chi connectivity index (χ4n) is 1.41. The van der Waals surface area contributed by atoms with Crippen molar-refractivity contribution >= 4 is 28.9 Å². The summed E-state index contributed by atoms with van der Waals surface area (Å²) in [6, 6.07) is 1.53. The van der Waals surface area contributed by atoms with Crippen LogP contribution in [0.25, 0.3) is 0 Å². The monoisotopic (exact) mass is 265 g/mol. The van der Waals surface area contributed by atoms with E-state index in [-0.39, 0.29) is 10.7 Å². The Morgan fingerprint density at radius 1 is 1.61 bits per heavy atom. The molecule has 0 spiro atoms. The van der Waals surface area contributed by atoms with Crippen molar-refractivity contribution < 1.29 is 9.32 Å². The molecule has 2 heterocycles. The van der Waals surface area contributed by atoms with Gasteiger partial charge in [0.25, 0.3) is 5.91 Å². The van der Waals surface area contributed by atoms with Crippen molar-refractivity contribution in [3.8, 4) is 0 Å². The summed E-state index contributed by atoms with van der Waals surface area (Å²) in [6.07, 6.45) is 1.49. The average Bonchev–Trinajstić information content (AvgIpc) is 2.87. The largest absolute Gasteiger partial charge is 0.389 e. The number of hydrogen-bond acceptors (Lipinski definition) is 5. The van der Waals surface area contributed by atoms with Gasteiger partial charge in [0.15, 0.2) is 5.69 Å². The molecule has 0 aliphatic carbocycles. The molecule has 0 unspecified atom stereocenters. The summed E-state index contributed by atoms with van der Waals surface area (Å²) < 4.78 is 6.30. The molecule has 2 aromatic rings. The lowest BCUT2D eigenvalue weighted by molar-refractivity contribution is 0.101. The Bertz CT molecular complexity index is 616. The van der Waals surface area contributed by atoms with Crippen molar-refractivity contribution in [3.05, 3.63) is 29.3 Å². The first-order valence-electron chi connectivity index (χ1n) is 5.05. The molecule has 0 radical (unpaired) electrons. The van der Waals surface area contributed by atoms with E-state index in [4.69, 9.17) is 22.5 Å². The van der Waals surface area contributed by atoms with Gasteiger partial charge in [-0.25, -0.2) is 0 Å². The number of amides is 1. The van der Waals surface area contributed by atoms with Crippen LogP contribution in [-0.4, -0.2) is 25.8 Å². The molecule has 0 aromatic carbocycles. The third kappa shape index (κ3) is 2.23. The molecule has 0 fully saturated rings.